The molecule has 0 bridgehead atoms. The van der Waals surface area contributed by atoms with Gasteiger partial charge in [0.25, 0.3) is 5.91 Å². The zero-order chi connectivity index (χ0) is 23.0. The molecule has 2 N–H and O–H groups in total. The number of aliphatic hydroxyl groups is 1. The molecule has 3 aromatic rings. The van der Waals surface area contributed by atoms with Crippen LogP contribution >= 0.6 is 11.3 Å². The van der Waals surface area contributed by atoms with Crippen LogP contribution in [0.15, 0.2) is 59.9 Å². The largest absolute Gasteiger partial charge is 0.503 e. The summed E-state index contributed by atoms with van der Waals surface area (Å²) in [4.78, 5) is 38.8. The molecule has 162 valence electrons. The number of carbonyl (C=O) groups is 3. The van der Waals surface area contributed by atoms with Crippen LogP contribution in [0.4, 0.5) is 5.13 Å². The fraction of sp³-hybridized carbons (Fsp3) is 0.136. The lowest BCUT2D eigenvalue weighted by atomic mass is 9.92. The fourth-order valence-electron chi connectivity index (χ4n) is 3.44. The number of ether oxygens (including phenoxy) is 1. The maximum Gasteiger partial charge on any atom is 0.335 e. The number of aromatic nitrogens is 2. The number of rotatable bonds is 6. The number of aromatic carboxylic acids is 1. The lowest BCUT2D eigenvalue weighted by molar-refractivity contribution is -0.117. The molecule has 4 rings (SSSR count). The number of Topliss-reactive ketones (excluding diaryl/α,β-unsaturated/α-hetero) is 1. The molecule has 1 aliphatic rings. The zero-order valence-electron chi connectivity index (χ0n) is 17.0. The van der Waals surface area contributed by atoms with Gasteiger partial charge in [0.1, 0.15) is 10.8 Å². The van der Waals surface area contributed by atoms with Crippen LogP contribution in [0.2, 0.25) is 0 Å². The van der Waals surface area contributed by atoms with Crippen LogP contribution in [0.5, 0.6) is 5.75 Å². The maximum atomic E-state index is 13.4. The smallest absolute Gasteiger partial charge is 0.335 e. The van der Waals surface area contributed by atoms with Crippen LogP contribution in [-0.2, 0) is 4.79 Å². The van der Waals surface area contributed by atoms with Gasteiger partial charge in [-0.25, -0.2) is 4.79 Å². The molecule has 1 unspecified atom stereocenters. The summed E-state index contributed by atoms with van der Waals surface area (Å²) in [5, 5.41) is 28.7. The first-order chi connectivity index (χ1) is 15.3. The number of amides is 1. The number of hydrogen-bond acceptors (Lipinski definition) is 8. The Labute approximate surface area is 186 Å². The summed E-state index contributed by atoms with van der Waals surface area (Å²) >= 11 is 1.13. The van der Waals surface area contributed by atoms with Crippen molar-refractivity contribution in [2.24, 2.45) is 0 Å². The molecule has 0 fully saturated rings. The molecule has 32 heavy (non-hydrogen) atoms. The number of anilines is 1. The second-order valence-corrected chi connectivity index (χ2v) is 8.09. The Kier molecular flexibility index (Phi) is 5.45. The van der Waals surface area contributed by atoms with E-state index in [0.717, 1.165) is 11.3 Å². The van der Waals surface area contributed by atoms with Crippen LogP contribution in [0.1, 0.15) is 37.3 Å². The van der Waals surface area contributed by atoms with E-state index in [0.29, 0.717) is 16.3 Å². The third kappa shape index (κ3) is 3.60. The second-order valence-electron chi connectivity index (χ2n) is 6.93. The van der Waals surface area contributed by atoms with Gasteiger partial charge in [0, 0.05) is 5.56 Å². The first-order valence-corrected chi connectivity index (χ1v) is 10.2. The van der Waals surface area contributed by atoms with Gasteiger partial charge >= 0.3 is 5.97 Å². The minimum absolute atomic E-state index is 0.0487. The summed E-state index contributed by atoms with van der Waals surface area (Å²) < 4.78 is 5.11. The molecule has 0 saturated heterocycles. The molecule has 9 nitrogen and oxygen atoms in total. The summed E-state index contributed by atoms with van der Waals surface area (Å²) in [5.41, 5.74) is 0.614. The predicted octanol–water partition coefficient (Wildman–Crippen LogP) is 3.34. The molecular formula is C22H17N3O6S. The van der Waals surface area contributed by atoms with Gasteiger partial charge in [-0.05, 0) is 48.9 Å². The van der Waals surface area contributed by atoms with Crippen LogP contribution < -0.4 is 9.64 Å². The molecular weight excluding hydrogens is 434 g/mol. The molecule has 10 heteroatoms. The number of ketones is 1. The summed E-state index contributed by atoms with van der Waals surface area (Å²) in [6, 6.07) is 11.0. The molecule has 0 spiro atoms. The van der Waals surface area contributed by atoms with E-state index in [1.165, 1.54) is 48.4 Å². The van der Waals surface area contributed by atoms with Gasteiger partial charge in [0.15, 0.2) is 11.5 Å². The molecule has 0 saturated carbocycles. The van der Waals surface area contributed by atoms with E-state index >= 15 is 0 Å². The monoisotopic (exact) mass is 451 g/mol. The summed E-state index contributed by atoms with van der Waals surface area (Å²) in [6.45, 7) is 1.72. The Morgan fingerprint density at radius 1 is 1.03 bits per heavy atom. The highest BCUT2D eigenvalue weighted by molar-refractivity contribution is 7.15. The molecule has 1 aromatic heterocycles. The highest BCUT2D eigenvalue weighted by Crippen LogP contribution is 2.42. The molecule has 0 radical (unpaired) electrons. The molecule has 1 aliphatic heterocycles. The lowest BCUT2D eigenvalue weighted by Crippen LogP contribution is -2.31. The maximum absolute atomic E-state index is 13.4. The Morgan fingerprint density at radius 3 is 2.19 bits per heavy atom. The minimum Gasteiger partial charge on any atom is -0.503 e. The number of methoxy groups -OCH3 is 1. The van der Waals surface area contributed by atoms with Crippen molar-refractivity contribution in [1.82, 2.24) is 10.2 Å². The quantitative estimate of drug-likeness (QED) is 0.546. The van der Waals surface area contributed by atoms with Crippen molar-refractivity contribution < 1.29 is 29.3 Å². The number of aliphatic hydroxyl groups excluding tert-OH is 1. The highest BCUT2D eigenvalue weighted by atomic mass is 32.1. The Bertz CT molecular complexity index is 1250. The highest BCUT2D eigenvalue weighted by Gasteiger charge is 2.46. The van der Waals surface area contributed by atoms with Gasteiger partial charge in [-0.2, -0.15) is 0 Å². The molecule has 2 aromatic carbocycles. The van der Waals surface area contributed by atoms with Crippen LogP contribution in [0.25, 0.3) is 0 Å². The van der Waals surface area contributed by atoms with Crippen molar-refractivity contribution in [3.8, 4) is 5.75 Å². The average molecular weight is 451 g/mol. The second kappa shape index (κ2) is 8.23. The van der Waals surface area contributed by atoms with Crippen molar-refractivity contribution in [3.63, 3.8) is 0 Å². The minimum atomic E-state index is -1.11. The summed E-state index contributed by atoms with van der Waals surface area (Å²) in [6.07, 6.45) is 0. The van der Waals surface area contributed by atoms with Crippen molar-refractivity contribution in [2.75, 3.05) is 12.0 Å². The van der Waals surface area contributed by atoms with Gasteiger partial charge in [-0.1, -0.05) is 23.5 Å². The van der Waals surface area contributed by atoms with E-state index in [9.17, 15) is 24.6 Å². The zero-order valence-corrected chi connectivity index (χ0v) is 17.8. The first-order valence-electron chi connectivity index (χ1n) is 9.40. The van der Waals surface area contributed by atoms with Gasteiger partial charge in [-0.3, -0.25) is 14.5 Å². The van der Waals surface area contributed by atoms with E-state index in [1.54, 1.807) is 19.1 Å². The third-order valence-corrected chi connectivity index (χ3v) is 5.84. The topological polar surface area (TPSA) is 130 Å². The number of aryl methyl sites for hydroxylation is 1. The lowest BCUT2D eigenvalue weighted by Gasteiger charge is -2.24. The Morgan fingerprint density at radius 2 is 1.66 bits per heavy atom. The van der Waals surface area contributed by atoms with Crippen LogP contribution in [0.3, 0.4) is 0 Å². The van der Waals surface area contributed by atoms with E-state index < -0.39 is 29.5 Å². The van der Waals surface area contributed by atoms with Gasteiger partial charge in [0.2, 0.25) is 5.13 Å². The van der Waals surface area contributed by atoms with Crippen LogP contribution in [-0.4, -0.2) is 45.2 Å². The standard InChI is InChI=1S/C22H17N3O6S/c1-11-23-24-22(32-11)25-17(12-3-5-14(6-4-12)21(29)30)16(19(27)20(25)28)18(26)13-7-9-15(31-2)10-8-13/h3-10,17,27H,1-2H3,(H,29,30). The Balaban J connectivity index is 1.84. The van der Waals surface area contributed by atoms with E-state index in [1.807, 2.05) is 0 Å². The molecule has 2 heterocycles. The van der Waals surface area contributed by atoms with E-state index in [2.05, 4.69) is 10.2 Å². The van der Waals surface area contributed by atoms with Gasteiger partial charge in [0.05, 0.1) is 24.3 Å². The average Bonchev–Trinajstić information content (AvgIpc) is 3.34. The van der Waals surface area contributed by atoms with Crippen molar-refractivity contribution in [2.45, 2.75) is 13.0 Å². The Hall–Kier alpha value is -4.05. The molecule has 1 atom stereocenters. The van der Waals surface area contributed by atoms with Crippen molar-refractivity contribution in [1.29, 1.82) is 0 Å². The third-order valence-electron chi connectivity index (χ3n) is 5.00. The number of nitrogens with zero attached hydrogens (tertiary/aromatic N) is 3. The molecule has 0 aliphatic carbocycles. The number of benzene rings is 2. The van der Waals surface area contributed by atoms with Crippen LogP contribution in [0, 0.1) is 6.92 Å². The predicted molar refractivity (Wildman–Crippen MR) is 115 cm³/mol. The summed E-state index contributed by atoms with van der Waals surface area (Å²) in [7, 11) is 1.50. The summed E-state index contributed by atoms with van der Waals surface area (Å²) in [5.74, 6) is -2.58. The van der Waals surface area contributed by atoms with Gasteiger partial charge in [-0.15, -0.1) is 10.2 Å². The van der Waals surface area contributed by atoms with E-state index in [-0.39, 0.29) is 21.8 Å². The number of carboxylic acids is 1. The SMILES string of the molecule is COc1ccc(C(=O)C2=C(O)C(=O)N(c3nnc(C)s3)C2c2ccc(C(=O)O)cc2)cc1. The van der Waals surface area contributed by atoms with E-state index in [4.69, 9.17) is 4.74 Å². The number of carboxylic acid groups (broad SMARTS) is 1. The van der Waals surface area contributed by atoms with Crippen molar-refractivity contribution in [3.05, 3.63) is 81.6 Å². The number of carbonyl (C=O) groups excluding carboxylic acids is 2. The van der Waals surface area contributed by atoms with Gasteiger partial charge < -0.3 is 14.9 Å². The normalized spacial score (nSPS) is 15.9. The fourth-order valence-corrected chi connectivity index (χ4v) is 4.15. The number of hydrogen-bond donors (Lipinski definition) is 2. The molecule has 1 amide bonds. The van der Waals surface area contributed by atoms with Crippen molar-refractivity contribution >= 4 is 34.1 Å². The first kappa shape index (κ1) is 21.2.